The predicted octanol–water partition coefficient (Wildman–Crippen LogP) is 2.91. The maximum absolute atomic E-state index is 12.0. The molecule has 0 aliphatic rings. The summed E-state index contributed by atoms with van der Waals surface area (Å²) in [6.07, 6.45) is 1.97. The van der Waals surface area contributed by atoms with Crippen molar-refractivity contribution < 1.29 is 28.6 Å². The van der Waals surface area contributed by atoms with E-state index in [-0.39, 0.29) is 18.5 Å². The number of carbonyl (C=O) groups excluding carboxylic acids is 3. The maximum Gasteiger partial charge on any atom is 0.437 e. The van der Waals surface area contributed by atoms with Crippen LogP contribution in [0.5, 0.6) is 0 Å². The van der Waals surface area contributed by atoms with Crippen LogP contribution in [0.2, 0.25) is 0 Å². The van der Waals surface area contributed by atoms with Crippen LogP contribution < -0.4 is 10.6 Å². The van der Waals surface area contributed by atoms with Gasteiger partial charge < -0.3 is 19.5 Å². The Morgan fingerprint density at radius 1 is 1.13 bits per heavy atom. The lowest BCUT2D eigenvalue weighted by Gasteiger charge is -2.17. The quantitative estimate of drug-likeness (QED) is 0.297. The second kappa shape index (κ2) is 12.5. The summed E-state index contributed by atoms with van der Waals surface area (Å²) in [6, 6.07) is 1.61. The van der Waals surface area contributed by atoms with Crippen molar-refractivity contribution in [1.29, 1.82) is 0 Å². The highest BCUT2D eigenvalue weighted by atomic mass is 16.6. The highest BCUT2D eigenvalue weighted by Crippen LogP contribution is 2.08. The van der Waals surface area contributed by atoms with Crippen molar-refractivity contribution in [1.82, 2.24) is 20.4 Å². The maximum atomic E-state index is 12.0. The summed E-state index contributed by atoms with van der Waals surface area (Å²) in [5, 5.41) is 8.93. The van der Waals surface area contributed by atoms with Crippen LogP contribution in [-0.4, -0.2) is 59.4 Å². The number of nitrogens with one attached hydrogen (secondary N) is 2. The molecule has 1 aromatic heterocycles. The second-order valence-electron chi connectivity index (χ2n) is 7.75. The van der Waals surface area contributed by atoms with Gasteiger partial charge in [0.15, 0.2) is 0 Å². The van der Waals surface area contributed by atoms with Gasteiger partial charge in [0, 0.05) is 18.9 Å². The van der Waals surface area contributed by atoms with E-state index in [0.29, 0.717) is 26.0 Å². The van der Waals surface area contributed by atoms with Crippen LogP contribution in [0.1, 0.15) is 47.5 Å². The largest absolute Gasteiger partial charge is 0.449 e. The van der Waals surface area contributed by atoms with Crippen molar-refractivity contribution in [3.63, 3.8) is 0 Å². The molecular weight excluding hydrogens is 394 g/mol. The van der Waals surface area contributed by atoms with Gasteiger partial charge in [-0.3, -0.25) is 5.32 Å². The Balaban J connectivity index is 2.39. The van der Waals surface area contributed by atoms with E-state index in [9.17, 15) is 14.4 Å². The van der Waals surface area contributed by atoms with Crippen LogP contribution in [0, 0.1) is 5.92 Å². The van der Waals surface area contributed by atoms with Crippen LogP contribution in [0.15, 0.2) is 23.5 Å². The topological polar surface area (TPSA) is 133 Å². The van der Waals surface area contributed by atoms with Gasteiger partial charge in [0.05, 0.1) is 13.2 Å². The molecule has 0 bridgehead atoms. The number of rotatable bonds is 7. The highest BCUT2D eigenvalue weighted by Gasteiger charge is 2.18. The Morgan fingerprint density at radius 3 is 2.47 bits per heavy atom. The second-order valence-corrected chi connectivity index (χ2v) is 7.75. The number of hydrogen-bond acceptors (Lipinski definition) is 7. The van der Waals surface area contributed by atoms with Gasteiger partial charge in [-0.05, 0) is 45.6 Å². The Hall–Kier alpha value is -3.11. The molecule has 3 amide bonds. The van der Waals surface area contributed by atoms with Crippen LogP contribution in [-0.2, 0) is 14.2 Å². The van der Waals surface area contributed by atoms with Gasteiger partial charge in [-0.1, -0.05) is 13.8 Å². The predicted molar refractivity (Wildman–Crippen MR) is 109 cm³/mol. The van der Waals surface area contributed by atoms with Crippen molar-refractivity contribution in [2.24, 2.45) is 10.9 Å². The molecule has 0 atom stereocenters. The molecule has 30 heavy (non-hydrogen) atoms. The zero-order valence-electron chi connectivity index (χ0n) is 18.1. The first kappa shape index (κ1) is 24.9. The third-order valence-corrected chi connectivity index (χ3v) is 3.15. The Kier molecular flexibility index (Phi) is 10.3. The molecule has 1 rings (SSSR count). The summed E-state index contributed by atoms with van der Waals surface area (Å²) in [5.74, 6) is 0.127. The van der Waals surface area contributed by atoms with E-state index in [1.807, 2.05) is 13.8 Å². The van der Waals surface area contributed by atoms with E-state index in [4.69, 9.17) is 14.2 Å². The smallest absolute Gasteiger partial charge is 0.437 e. The molecule has 2 N–H and O–H groups in total. The summed E-state index contributed by atoms with van der Waals surface area (Å²) in [6.45, 7) is 9.89. The van der Waals surface area contributed by atoms with E-state index in [0.717, 1.165) is 0 Å². The van der Waals surface area contributed by atoms with Crippen LogP contribution in [0.3, 0.4) is 0 Å². The number of unbranched alkanes of at least 4 members (excludes halogenated alkanes) is 1. The molecule has 0 unspecified atom stereocenters. The average molecular weight is 425 g/mol. The molecule has 168 valence electrons. The number of aromatic nitrogens is 2. The fourth-order valence-corrected chi connectivity index (χ4v) is 1.90. The number of aliphatic imine (C=N–C) groups is 1. The van der Waals surface area contributed by atoms with Gasteiger partial charge in [0.1, 0.15) is 5.60 Å². The zero-order chi connectivity index (χ0) is 22.6. The first-order chi connectivity index (χ1) is 14.1. The van der Waals surface area contributed by atoms with Crippen molar-refractivity contribution in [3.8, 4) is 0 Å². The average Bonchev–Trinajstić information content (AvgIpc) is 3.15. The Morgan fingerprint density at radius 2 is 1.87 bits per heavy atom. The van der Waals surface area contributed by atoms with Gasteiger partial charge >= 0.3 is 18.3 Å². The monoisotopic (exact) mass is 425 g/mol. The fraction of sp³-hybridized carbons (Fsp3) is 0.632. The lowest BCUT2D eigenvalue weighted by atomic mass is 10.2. The van der Waals surface area contributed by atoms with Crippen molar-refractivity contribution in [3.05, 3.63) is 18.5 Å². The van der Waals surface area contributed by atoms with Gasteiger partial charge in [0.25, 0.3) is 0 Å². The molecule has 11 nitrogen and oxygen atoms in total. The molecule has 0 aliphatic carbocycles. The number of ether oxygens (including phenoxy) is 3. The van der Waals surface area contributed by atoms with Crippen LogP contribution >= 0.6 is 0 Å². The molecule has 0 spiro atoms. The summed E-state index contributed by atoms with van der Waals surface area (Å²) < 4.78 is 16.4. The standard InChI is InChI=1S/C19H31N5O6/c1-14(2)13-29-16(25)20-9-6-7-12-28-17(26)22-15(24-11-8-10-21-24)23-18(27)30-19(3,4)5/h8,10-11,14H,6-7,9,12-13H2,1-5H3,(H,20,25)(H,22,23,26,27). The third kappa shape index (κ3) is 11.7. The molecule has 0 aliphatic heterocycles. The lowest BCUT2D eigenvalue weighted by Crippen LogP contribution is -2.37. The van der Waals surface area contributed by atoms with Gasteiger partial charge in [-0.15, -0.1) is 4.99 Å². The Labute approximate surface area is 176 Å². The highest BCUT2D eigenvalue weighted by molar-refractivity contribution is 5.99. The molecule has 1 aromatic rings. The van der Waals surface area contributed by atoms with Crippen LogP contribution in [0.25, 0.3) is 0 Å². The number of amides is 3. The minimum absolute atomic E-state index is 0.118. The molecule has 0 saturated carbocycles. The minimum Gasteiger partial charge on any atom is -0.449 e. The van der Waals surface area contributed by atoms with E-state index in [1.165, 1.54) is 17.1 Å². The van der Waals surface area contributed by atoms with E-state index >= 15 is 0 Å². The van der Waals surface area contributed by atoms with E-state index in [1.54, 1.807) is 26.8 Å². The van der Waals surface area contributed by atoms with Crippen molar-refractivity contribution >= 4 is 24.2 Å². The Bertz CT molecular complexity index is 709. The van der Waals surface area contributed by atoms with E-state index < -0.39 is 23.9 Å². The molecule has 0 radical (unpaired) electrons. The van der Waals surface area contributed by atoms with Crippen molar-refractivity contribution in [2.75, 3.05) is 19.8 Å². The number of nitrogens with zero attached hydrogens (tertiary/aromatic N) is 3. The third-order valence-electron chi connectivity index (χ3n) is 3.15. The summed E-state index contributed by atoms with van der Waals surface area (Å²) >= 11 is 0. The van der Waals surface area contributed by atoms with Gasteiger partial charge in [-0.2, -0.15) is 5.10 Å². The molecule has 11 heteroatoms. The summed E-state index contributed by atoms with van der Waals surface area (Å²) in [4.78, 5) is 39.1. The van der Waals surface area contributed by atoms with E-state index in [2.05, 4.69) is 20.7 Å². The molecule has 0 aromatic carbocycles. The summed E-state index contributed by atoms with van der Waals surface area (Å²) in [7, 11) is 0. The molecule has 1 heterocycles. The number of hydrogen-bond donors (Lipinski definition) is 2. The minimum atomic E-state index is -0.872. The van der Waals surface area contributed by atoms with Gasteiger partial charge in [0.2, 0.25) is 5.96 Å². The first-order valence-corrected chi connectivity index (χ1v) is 9.73. The molecule has 0 fully saturated rings. The number of carbonyl (C=O) groups is 3. The lowest BCUT2D eigenvalue weighted by molar-refractivity contribution is 0.0603. The first-order valence-electron chi connectivity index (χ1n) is 9.73. The summed E-state index contributed by atoms with van der Waals surface area (Å²) in [5.41, 5.74) is -0.731. The fourth-order valence-electron chi connectivity index (χ4n) is 1.90. The van der Waals surface area contributed by atoms with Crippen LogP contribution in [0.4, 0.5) is 14.4 Å². The zero-order valence-corrected chi connectivity index (χ0v) is 18.1. The molecular formula is C19H31N5O6. The van der Waals surface area contributed by atoms with Crippen molar-refractivity contribution in [2.45, 2.75) is 53.1 Å². The SMILES string of the molecule is CC(C)COC(=O)NCCCCOC(=O)NC(=NC(=O)OC(C)(C)C)n1cccn1. The van der Waals surface area contributed by atoms with Gasteiger partial charge in [-0.25, -0.2) is 19.1 Å². The normalized spacial score (nSPS) is 11.7. The molecule has 0 saturated heterocycles. The number of alkyl carbamates (subject to hydrolysis) is 2.